The first-order chi connectivity index (χ1) is 10.1. The summed E-state index contributed by atoms with van der Waals surface area (Å²) in [5, 5.41) is 0. The lowest BCUT2D eigenvalue weighted by Crippen LogP contribution is -2.53. The second-order valence-electron chi connectivity index (χ2n) is 6.39. The van der Waals surface area contributed by atoms with Gasteiger partial charge >= 0.3 is 5.97 Å². The van der Waals surface area contributed by atoms with Gasteiger partial charge in [0.1, 0.15) is 10.6 Å². The van der Waals surface area contributed by atoms with Gasteiger partial charge < -0.3 is 15.0 Å². The molecule has 1 aliphatic heterocycles. The van der Waals surface area contributed by atoms with Gasteiger partial charge in [0.2, 0.25) is 10.0 Å². The predicted octanol–water partition coefficient (Wildman–Crippen LogP) is 0.560. The normalized spacial score (nSPS) is 22.5. The number of esters is 1. The monoisotopic (exact) mass is 329 g/mol. The quantitative estimate of drug-likeness (QED) is 0.818. The lowest BCUT2D eigenvalue weighted by molar-refractivity contribution is 0.0590. The number of nitrogens with two attached hydrogens (primary N) is 1. The van der Waals surface area contributed by atoms with Crippen LogP contribution in [0.1, 0.15) is 30.8 Å². The first kappa shape index (κ1) is 17.0. The molecule has 2 rings (SSSR count). The number of carbonyl (C=O) groups excluding carboxylic acids is 1. The topological polar surface area (TPSA) is 94.6 Å². The molecule has 1 saturated heterocycles. The summed E-state index contributed by atoms with van der Waals surface area (Å²) in [6.45, 7) is 4.67. The Morgan fingerprint density at radius 3 is 2.64 bits per heavy atom. The third-order valence-corrected chi connectivity index (χ3v) is 6.10. The predicted molar refractivity (Wildman–Crippen MR) is 81.9 cm³/mol. The molecule has 7 nitrogen and oxygen atoms in total. The van der Waals surface area contributed by atoms with Crippen LogP contribution in [0.2, 0.25) is 0 Å². The molecule has 0 bridgehead atoms. The fourth-order valence-electron chi connectivity index (χ4n) is 2.66. The van der Waals surface area contributed by atoms with Gasteiger partial charge in [0.05, 0.1) is 7.11 Å². The van der Waals surface area contributed by atoms with Crippen LogP contribution in [-0.4, -0.2) is 49.5 Å². The van der Waals surface area contributed by atoms with Gasteiger partial charge in [0.25, 0.3) is 0 Å². The van der Waals surface area contributed by atoms with Gasteiger partial charge in [-0.25, -0.2) is 13.2 Å². The summed E-state index contributed by atoms with van der Waals surface area (Å²) in [4.78, 5) is 11.7. The van der Waals surface area contributed by atoms with Crippen molar-refractivity contribution < 1.29 is 17.9 Å². The molecule has 0 radical (unpaired) electrons. The van der Waals surface area contributed by atoms with E-state index in [2.05, 4.69) is 4.74 Å². The van der Waals surface area contributed by atoms with Gasteiger partial charge in [0.15, 0.2) is 0 Å². The van der Waals surface area contributed by atoms with Crippen molar-refractivity contribution in [3.63, 3.8) is 0 Å². The van der Waals surface area contributed by atoms with Crippen LogP contribution in [0.3, 0.4) is 0 Å². The van der Waals surface area contributed by atoms with Gasteiger partial charge in [0, 0.05) is 32.4 Å². The number of piperidine rings is 1. The summed E-state index contributed by atoms with van der Waals surface area (Å²) < 4.78 is 33.1. The lowest BCUT2D eigenvalue weighted by Gasteiger charge is -2.41. The van der Waals surface area contributed by atoms with Crippen LogP contribution < -0.4 is 5.73 Å². The van der Waals surface area contributed by atoms with E-state index in [0.717, 1.165) is 0 Å². The van der Waals surface area contributed by atoms with E-state index in [-0.39, 0.29) is 22.0 Å². The first-order valence-electron chi connectivity index (χ1n) is 7.10. The van der Waals surface area contributed by atoms with E-state index in [0.29, 0.717) is 19.5 Å². The Morgan fingerprint density at radius 2 is 2.09 bits per heavy atom. The van der Waals surface area contributed by atoms with Crippen LogP contribution in [0.5, 0.6) is 0 Å². The van der Waals surface area contributed by atoms with Gasteiger partial charge in [-0.1, -0.05) is 13.8 Å². The molecule has 0 amide bonds. The molecule has 1 fully saturated rings. The Labute approximate surface area is 131 Å². The second-order valence-corrected chi connectivity index (χ2v) is 8.32. The average molecular weight is 329 g/mol. The molecule has 0 saturated carbocycles. The Kier molecular flexibility index (Phi) is 4.38. The molecule has 0 aromatic carbocycles. The highest BCUT2D eigenvalue weighted by Crippen LogP contribution is 2.31. The van der Waals surface area contributed by atoms with Crippen LogP contribution in [0.15, 0.2) is 17.2 Å². The van der Waals surface area contributed by atoms with Crippen molar-refractivity contribution >= 4 is 16.0 Å². The SMILES string of the molecule is COC(=O)c1cc(S(=O)(=O)N2CCC(N)C(C)(C)C2)cn1C. The van der Waals surface area contributed by atoms with E-state index in [9.17, 15) is 13.2 Å². The molecule has 1 atom stereocenters. The summed E-state index contributed by atoms with van der Waals surface area (Å²) >= 11 is 0. The van der Waals surface area contributed by atoms with Crippen molar-refractivity contribution in [1.82, 2.24) is 8.87 Å². The number of hydrogen-bond donors (Lipinski definition) is 1. The highest BCUT2D eigenvalue weighted by Gasteiger charge is 2.39. The van der Waals surface area contributed by atoms with Gasteiger partial charge in [-0.2, -0.15) is 4.31 Å². The molecular formula is C14H23N3O4S. The zero-order chi connectivity index (χ0) is 16.7. The van der Waals surface area contributed by atoms with Crippen LogP contribution in [-0.2, 0) is 21.8 Å². The third-order valence-electron chi connectivity index (χ3n) is 4.29. The molecule has 1 aromatic rings. The number of methoxy groups -OCH3 is 1. The van der Waals surface area contributed by atoms with Crippen molar-refractivity contribution in [3.8, 4) is 0 Å². The van der Waals surface area contributed by atoms with E-state index in [1.54, 1.807) is 7.05 Å². The number of rotatable bonds is 3. The number of ether oxygens (including phenoxy) is 1. The van der Waals surface area contributed by atoms with Crippen molar-refractivity contribution in [1.29, 1.82) is 0 Å². The summed E-state index contributed by atoms with van der Waals surface area (Å²) in [5.74, 6) is -0.565. The standard InChI is InChI=1S/C14H23N3O4S/c1-14(2)9-17(6-5-12(14)15)22(19,20)10-7-11(13(18)21-4)16(3)8-10/h7-8,12H,5-6,9,15H2,1-4H3. The maximum Gasteiger partial charge on any atom is 0.354 e. The molecule has 1 aliphatic rings. The summed E-state index contributed by atoms with van der Waals surface area (Å²) in [7, 11) is -0.776. The first-order valence-corrected chi connectivity index (χ1v) is 8.54. The van der Waals surface area contributed by atoms with E-state index in [4.69, 9.17) is 5.73 Å². The summed E-state index contributed by atoms with van der Waals surface area (Å²) in [6, 6.07) is 1.32. The summed E-state index contributed by atoms with van der Waals surface area (Å²) in [5.41, 5.74) is 5.97. The number of aromatic nitrogens is 1. The Hall–Kier alpha value is -1.38. The fourth-order valence-corrected chi connectivity index (χ4v) is 4.36. The number of sulfonamides is 1. The minimum absolute atomic E-state index is 0.0275. The van der Waals surface area contributed by atoms with E-state index in [1.807, 2.05) is 13.8 Å². The van der Waals surface area contributed by atoms with Gasteiger partial charge in [-0.3, -0.25) is 0 Å². The number of aryl methyl sites for hydroxylation is 1. The zero-order valence-electron chi connectivity index (χ0n) is 13.4. The average Bonchev–Trinajstić information content (AvgIpc) is 2.83. The van der Waals surface area contributed by atoms with Crippen molar-refractivity contribution in [2.45, 2.75) is 31.2 Å². The highest BCUT2D eigenvalue weighted by atomic mass is 32.2. The van der Waals surface area contributed by atoms with E-state index in [1.165, 1.54) is 28.2 Å². The second kappa shape index (κ2) is 5.68. The van der Waals surface area contributed by atoms with Crippen LogP contribution in [0.4, 0.5) is 0 Å². The molecular weight excluding hydrogens is 306 g/mol. The highest BCUT2D eigenvalue weighted by molar-refractivity contribution is 7.89. The molecule has 22 heavy (non-hydrogen) atoms. The van der Waals surface area contributed by atoms with Crippen molar-refractivity contribution in [3.05, 3.63) is 18.0 Å². The Morgan fingerprint density at radius 1 is 1.45 bits per heavy atom. The Bertz CT molecular complexity index is 678. The molecule has 0 aliphatic carbocycles. The minimum Gasteiger partial charge on any atom is -0.464 e. The number of carbonyl (C=O) groups is 1. The maximum atomic E-state index is 12.8. The van der Waals surface area contributed by atoms with Crippen LogP contribution >= 0.6 is 0 Å². The molecule has 2 N–H and O–H groups in total. The van der Waals surface area contributed by atoms with Crippen LogP contribution in [0, 0.1) is 5.41 Å². The molecule has 0 spiro atoms. The van der Waals surface area contributed by atoms with Crippen molar-refractivity contribution in [2.24, 2.45) is 18.2 Å². The zero-order valence-corrected chi connectivity index (χ0v) is 14.2. The van der Waals surface area contributed by atoms with E-state index >= 15 is 0 Å². The summed E-state index contributed by atoms with van der Waals surface area (Å²) in [6.07, 6.45) is 2.05. The lowest BCUT2D eigenvalue weighted by atomic mass is 9.81. The molecule has 2 heterocycles. The maximum absolute atomic E-state index is 12.8. The number of hydrogen-bond acceptors (Lipinski definition) is 5. The molecule has 8 heteroatoms. The van der Waals surface area contributed by atoms with Gasteiger partial charge in [-0.05, 0) is 17.9 Å². The molecule has 1 aromatic heterocycles. The van der Waals surface area contributed by atoms with Gasteiger partial charge in [-0.15, -0.1) is 0 Å². The third kappa shape index (κ3) is 2.90. The van der Waals surface area contributed by atoms with Crippen molar-refractivity contribution in [2.75, 3.05) is 20.2 Å². The fraction of sp³-hybridized carbons (Fsp3) is 0.643. The Balaban J connectivity index is 2.34. The largest absolute Gasteiger partial charge is 0.464 e. The minimum atomic E-state index is -3.65. The smallest absolute Gasteiger partial charge is 0.354 e. The molecule has 124 valence electrons. The van der Waals surface area contributed by atoms with E-state index < -0.39 is 16.0 Å². The van der Waals surface area contributed by atoms with Crippen LogP contribution in [0.25, 0.3) is 0 Å². The molecule has 1 unspecified atom stereocenters. The number of nitrogens with zero attached hydrogens (tertiary/aromatic N) is 2.